The first-order valence-electron chi connectivity index (χ1n) is 11.1. The molecule has 3 heterocycles. The summed E-state index contributed by atoms with van der Waals surface area (Å²) in [4.78, 5) is 29.5. The van der Waals surface area contributed by atoms with E-state index in [0.717, 1.165) is 48.5 Å². The van der Waals surface area contributed by atoms with Gasteiger partial charge in [-0.2, -0.15) is 4.98 Å². The van der Waals surface area contributed by atoms with Crippen molar-refractivity contribution in [1.29, 1.82) is 0 Å². The number of nitrogens with one attached hydrogen (secondary N) is 2. The summed E-state index contributed by atoms with van der Waals surface area (Å²) < 4.78 is 1.91. The summed E-state index contributed by atoms with van der Waals surface area (Å²) >= 11 is 0. The molecule has 1 amide bonds. The van der Waals surface area contributed by atoms with E-state index in [1.165, 1.54) is 6.42 Å². The molecule has 32 heavy (non-hydrogen) atoms. The average molecular weight is 432 g/mol. The van der Waals surface area contributed by atoms with Crippen LogP contribution in [0.5, 0.6) is 0 Å². The van der Waals surface area contributed by atoms with Crippen LogP contribution < -0.4 is 15.5 Å². The van der Waals surface area contributed by atoms with Crippen LogP contribution in [0.2, 0.25) is 0 Å². The molecule has 2 aromatic heterocycles. The van der Waals surface area contributed by atoms with Gasteiger partial charge in [0, 0.05) is 31.2 Å². The van der Waals surface area contributed by atoms with Crippen molar-refractivity contribution in [1.82, 2.24) is 24.8 Å². The van der Waals surface area contributed by atoms with Crippen molar-refractivity contribution in [2.24, 2.45) is 0 Å². The highest BCUT2D eigenvalue weighted by Crippen LogP contribution is 2.26. The molecule has 1 fully saturated rings. The van der Waals surface area contributed by atoms with Gasteiger partial charge in [0.2, 0.25) is 5.95 Å². The number of nitrogens with zero attached hydrogens (tertiary/aromatic N) is 5. The molecule has 8 nitrogen and oxygen atoms in total. The Morgan fingerprint density at radius 3 is 2.66 bits per heavy atom. The first kappa shape index (κ1) is 21.6. The van der Waals surface area contributed by atoms with Crippen LogP contribution in [0.15, 0.2) is 24.3 Å². The number of para-hydroxylation sites is 1. The lowest BCUT2D eigenvalue weighted by atomic mass is 10.1. The Morgan fingerprint density at radius 1 is 1.12 bits per heavy atom. The molecule has 166 valence electrons. The molecule has 0 radical (unpaired) electrons. The van der Waals surface area contributed by atoms with Gasteiger partial charge in [-0.15, -0.1) is 5.92 Å². The zero-order valence-electron chi connectivity index (χ0n) is 18.9. The number of anilines is 2. The van der Waals surface area contributed by atoms with E-state index in [9.17, 15) is 4.79 Å². The van der Waals surface area contributed by atoms with E-state index in [4.69, 9.17) is 4.98 Å². The maximum atomic E-state index is 13.3. The number of rotatable bonds is 6. The van der Waals surface area contributed by atoms with Crippen LogP contribution in [0, 0.1) is 18.8 Å². The van der Waals surface area contributed by atoms with Gasteiger partial charge in [0.25, 0.3) is 5.91 Å². The van der Waals surface area contributed by atoms with Crippen molar-refractivity contribution in [3.8, 4) is 11.8 Å². The SMILES string of the molecule is CC#CCn1c(N2CCCCC2)nc(NC)c1C(=O)NCc1nc(C)c2ccccc2n1. The van der Waals surface area contributed by atoms with Crippen LogP contribution in [0.25, 0.3) is 10.9 Å². The molecule has 0 spiro atoms. The van der Waals surface area contributed by atoms with Crippen LogP contribution in [0.3, 0.4) is 0 Å². The number of amides is 1. The lowest BCUT2D eigenvalue weighted by Crippen LogP contribution is -2.33. The zero-order chi connectivity index (χ0) is 22.5. The molecule has 1 aromatic carbocycles. The van der Waals surface area contributed by atoms with Crippen molar-refractivity contribution in [2.75, 3.05) is 30.4 Å². The average Bonchev–Trinajstić information content (AvgIpc) is 3.20. The third-order valence-corrected chi connectivity index (χ3v) is 5.70. The number of aromatic nitrogens is 4. The highest BCUT2D eigenvalue weighted by Gasteiger charge is 2.26. The summed E-state index contributed by atoms with van der Waals surface area (Å²) in [6.07, 6.45) is 3.48. The minimum atomic E-state index is -0.225. The molecule has 1 aliphatic rings. The van der Waals surface area contributed by atoms with Gasteiger partial charge in [-0.05, 0) is 39.2 Å². The minimum absolute atomic E-state index is 0.225. The molecular weight excluding hydrogens is 402 g/mol. The molecule has 4 rings (SSSR count). The molecule has 1 saturated heterocycles. The topological polar surface area (TPSA) is 88.0 Å². The van der Waals surface area contributed by atoms with Crippen molar-refractivity contribution in [3.05, 3.63) is 41.5 Å². The van der Waals surface area contributed by atoms with Gasteiger partial charge in [-0.3, -0.25) is 9.36 Å². The molecule has 0 unspecified atom stereocenters. The van der Waals surface area contributed by atoms with E-state index in [0.29, 0.717) is 23.9 Å². The Bertz CT molecular complexity index is 1180. The second kappa shape index (κ2) is 9.69. The third-order valence-electron chi connectivity index (χ3n) is 5.70. The molecule has 3 aromatic rings. The summed E-state index contributed by atoms with van der Waals surface area (Å²) in [6.45, 7) is 6.27. The van der Waals surface area contributed by atoms with Gasteiger partial charge >= 0.3 is 0 Å². The first-order chi connectivity index (χ1) is 15.6. The molecule has 0 aliphatic carbocycles. The number of carbonyl (C=O) groups excluding carboxylic acids is 1. The summed E-state index contributed by atoms with van der Waals surface area (Å²) in [5, 5.41) is 7.09. The van der Waals surface area contributed by atoms with Gasteiger partial charge in [-0.1, -0.05) is 24.1 Å². The Hall–Kier alpha value is -3.60. The van der Waals surface area contributed by atoms with Crippen molar-refractivity contribution >= 4 is 28.6 Å². The van der Waals surface area contributed by atoms with E-state index in [-0.39, 0.29) is 12.5 Å². The number of piperidine rings is 1. The number of hydrogen-bond donors (Lipinski definition) is 2. The quantitative estimate of drug-likeness (QED) is 0.583. The summed E-state index contributed by atoms with van der Waals surface area (Å²) in [5.41, 5.74) is 2.25. The van der Waals surface area contributed by atoms with Gasteiger partial charge in [-0.25, -0.2) is 9.97 Å². The van der Waals surface area contributed by atoms with Crippen molar-refractivity contribution in [2.45, 2.75) is 46.2 Å². The van der Waals surface area contributed by atoms with Gasteiger partial charge in [0.15, 0.2) is 11.5 Å². The van der Waals surface area contributed by atoms with Crippen molar-refractivity contribution in [3.63, 3.8) is 0 Å². The maximum absolute atomic E-state index is 13.3. The van der Waals surface area contributed by atoms with E-state index < -0.39 is 0 Å². The Labute approximate surface area is 188 Å². The predicted molar refractivity (Wildman–Crippen MR) is 127 cm³/mol. The first-order valence-corrected chi connectivity index (χ1v) is 11.1. The molecule has 0 bridgehead atoms. The lowest BCUT2D eigenvalue weighted by Gasteiger charge is -2.28. The van der Waals surface area contributed by atoms with Crippen LogP contribution >= 0.6 is 0 Å². The number of imidazole rings is 1. The Kier molecular flexibility index (Phi) is 6.55. The number of benzene rings is 1. The number of aryl methyl sites for hydroxylation is 1. The summed E-state index contributed by atoms with van der Waals surface area (Å²) in [5.74, 6) is 7.72. The standard InChI is InChI=1S/C24H29N7O/c1-4-5-15-31-21(22(25-3)29-24(31)30-13-9-6-10-14-30)23(32)26-16-20-27-17(2)18-11-7-8-12-19(18)28-20/h7-8,11-12,25H,6,9-10,13-16H2,1-3H3,(H,26,32). The van der Waals surface area contributed by atoms with E-state index in [1.54, 1.807) is 14.0 Å². The third kappa shape index (κ3) is 4.37. The fourth-order valence-corrected chi connectivity index (χ4v) is 4.11. The normalized spacial score (nSPS) is 13.5. The second-order valence-electron chi connectivity index (χ2n) is 7.84. The van der Waals surface area contributed by atoms with Crippen molar-refractivity contribution < 1.29 is 4.79 Å². The molecule has 8 heteroatoms. The fourth-order valence-electron chi connectivity index (χ4n) is 4.11. The van der Waals surface area contributed by atoms with Crippen LogP contribution in [-0.2, 0) is 13.1 Å². The minimum Gasteiger partial charge on any atom is -0.371 e. The largest absolute Gasteiger partial charge is 0.371 e. The van der Waals surface area contributed by atoms with Gasteiger partial charge in [0.05, 0.1) is 18.6 Å². The predicted octanol–water partition coefficient (Wildman–Crippen LogP) is 3.12. The number of fused-ring (bicyclic) bond motifs is 1. The van der Waals surface area contributed by atoms with Crippen LogP contribution in [-0.4, -0.2) is 45.6 Å². The number of hydrogen-bond acceptors (Lipinski definition) is 6. The Balaban J connectivity index is 1.62. The maximum Gasteiger partial charge on any atom is 0.272 e. The summed E-state index contributed by atoms with van der Waals surface area (Å²) in [6, 6.07) is 7.88. The number of carbonyl (C=O) groups is 1. The van der Waals surface area contributed by atoms with Crippen LogP contribution in [0.1, 0.15) is 48.2 Å². The van der Waals surface area contributed by atoms with E-state index in [2.05, 4.69) is 37.3 Å². The monoisotopic (exact) mass is 431 g/mol. The highest BCUT2D eigenvalue weighted by molar-refractivity contribution is 5.98. The molecule has 2 N–H and O–H groups in total. The van der Waals surface area contributed by atoms with Gasteiger partial charge < -0.3 is 15.5 Å². The molecule has 0 atom stereocenters. The fraction of sp³-hybridized carbons (Fsp3) is 0.417. The van der Waals surface area contributed by atoms with Crippen LogP contribution in [0.4, 0.5) is 11.8 Å². The molecular formula is C24H29N7O. The molecule has 0 saturated carbocycles. The Morgan fingerprint density at radius 2 is 1.91 bits per heavy atom. The van der Waals surface area contributed by atoms with Gasteiger partial charge in [0.1, 0.15) is 5.82 Å². The summed E-state index contributed by atoms with van der Waals surface area (Å²) in [7, 11) is 1.78. The lowest BCUT2D eigenvalue weighted by molar-refractivity contribution is 0.0942. The molecule has 1 aliphatic heterocycles. The van der Waals surface area contributed by atoms with E-state index in [1.807, 2.05) is 35.8 Å². The van der Waals surface area contributed by atoms with E-state index >= 15 is 0 Å². The highest BCUT2D eigenvalue weighted by atomic mass is 16.2. The zero-order valence-corrected chi connectivity index (χ0v) is 18.9. The second-order valence-corrected chi connectivity index (χ2v) is 7.84. The smallest absolute Gasteiger partial charge is 0.272 e.